The first-order valence-corrected chi connectivity index (χ1v) is 8.26. The number of aromatic nitrogens is 2. The first kappa shape index (κ1) is 17.1. The van der Waals surface area contributed by atoms with Crippen LogP contribution in [0.4, 0.5) is 4.79 Å². The van der Waals surface area contributed by atoms with Crippen LogP contribution in [0.1, 0.15) is 32.3 Å². The average Bonchev–Trinajstić information content (AvgIpc) is 3.01. The average molecular weight is 314 g/mol. The Morgan fingerprint density at radius 2 is 1.91 bits per heavy atom. The second-order valence-electron chi connectivity index (χ2n) is 6.10. The van der Waals surface area contributed by atoms with Gasteiger partial charge in [-0.3, -0.25) is 0 Å². The lowest BCUT2D eigenvalue weighted by Crippen LogP contribution is -2.37. The first-order chi connectivity index (χ1) is 11.1. The molecule has 0 saturated heterocycles. The summed E-state index contributed by atoms with van der Waals surface area (Å²) >= 11 is 0. The minimum atomic E-state index is -0.0933. The molecular weight excluding hydrogens is 288 g/mol. The summed E-state index contributed by atoms with van der Waals surface area (Å²) in [4.78, 5) is 11.7. The maximum atomic E-state index is 11.7. The molecule has 2 aromatic rings. The van der Waals surface area contributed by atoms with Crippen LogP contribution in [0.15, 0.2) is 42.7 Å². The highest BCUT2D eigenvalue weighted by Crippen LogP contribution is 2.07. The molecule has 2 amide bonds. The number of hydrogen-bond acceptors (Lipinski definition) is 2. The normalized spacial score (nSPS) is 10.7. The summed E-state index contributed by atoms with van der Waals surface area (Å²) in [6, 6.07) is 9.89. The predicted molar refractivity (Wildman–Crippen MR) is 92.7 cm³/mol. The molecule has 5 nitrogen and oxygen atoms in total. The lowest BCUT2D eigenvalue weighted by Gasteiger charge is -2.08. The zero-order valence-corrected chi connectivity index (χ0v) is 14.0. The van der Waals surface area contributed by atoms with Crippen LogP contribution < -0.4 is 10.6 Å². The summed E-state index contributed by atoms with van der Waals surface area (Å²) in [6.07, 6.45) is 6.77. The molecule has 0 atom stereocenters. The van der Waals surface area contributed by atoms with Gasteiger partial charge in [0.2, 0.25) is 0 Å². The van der Waals surface area contributed by atoms with Crippen molar-refractivity contribution in [3.8, 4) is 5.69 Å². The van der Waals surface area contributed by atoms with Crippen molar-refractivity contribution in [2.75, 3.05) is 13.1 Å². The van der Waals surface area contributed by atoms with E-state index in [0.717, 1.165) is 37.1 Å². The Hall–Kier alpha value is -2.30. The minimum Gasteiger partial charge on any atom is -0.338 e. The Bertz CT molecular complexity index is 592. The van der Waals surface area contributed by atoms with Crippen molar-refractivity contribution in [2.45, 2.75) is 33.1 Å². The second-order valence-corrected chi connectivity index (χ2v) is 6.10. The van der Waals surface area contributed by atoms with Crippen molar-refractivity contribution in [1.29, 1.82) is 0 Å². The van der Waals surface area contributed by atoms with E-state index in [1.54, 1.807) is 0 Å². The maximum Gasteiger partial charge on any atom is 0.314 e. The molecule has 0 saturated carbocycles. The number of urea groups is 1. The Morgan fingerprint density at radius 1 is 1.17 bits per heavy atom. The Kier molecular flexibility index (Phi) is 6.66. The van der Waals surface area contributed by atoms with Crippen molar-refractivity contribution >= 4 is 6.03 Å². The van der Waals surface area contributed by atoms with Gasteiger partial charge in [-0.05, 0) is 42.9 Å². The van der Waals surface area contributed by atoms with E-state index in [1.807, 2.05) is 47.4 Å². The number of hydrogen-bond donors (Lipinski definition) is 2. The van der Waals surface area contributed by atoms with Crippen LogP contribution in [-0.4, -0.2) is 28.9 Å². The van der Waals surface area contributed by atoms with Gasteiger partial charge in [0.05, 0.1) is 11.9 Å². The summed E-state index contributed by atoms with van der Waals surface area (Å²) in [7, 11) is 0. The van der Waals surface area contributed by atoms with E-state index < -0.39 is 0 Å². The molecule has 1 aromatic carbocycles. The largest absolute Gasteiger partial charge is 0.338 e. The van der Waals surface area contributed by atoms with Gasteiger partial charge in [-0.15, -0.1) is 0 Å². The van der Waals surface area contributed by atoms with Crippen LogP contribution >= 0.6 is 0 Å². The third-order valence-electron chi connectivity index (χ3n) is 3.60. The van der Waals surface area contributed by atoms with Crippen molar-refractivity contribution in [3.63, 3.8) is 0 Å². The van der Waals surface area contributed by atoms with Crippen LogP contribution in [0.25, 0.3) is 5.69 Å². The number of rotatable bonds is 8. The van der Waals surface area contributed by atoms with E-state index in [4.69, 9.17) is 0 Å². The standard InChI is InChI=1S/C18H26N4O/c1-15(2)7-6-11-19-18(23)20-12-10-16-13-21-22(14-16)17-8-4-3-5-9-17/h3-5,8-9,13-15H,6-7,10-12H2,1-2H3,(H2,19,20,23). The number of nitrogens with one attached hydrogen (secondary N) is 2. The second kappa shape index (κ2) is 8.98. The number of nitrogens with zero attached hydrogens (tertiary/aromatic N) is 2. The predicted octanol–water partition coefficient (Wildman–Crippen LogP) is 3.15. The molecule has 2 N–H and O–H groups in total. The van der Waals surface area contributed by atoms with Gasteiger partial charge in [0, 0.05) is 19.3 Å². The molecular formula is C18H26N4O. The summed E-state index contributed by atoms with van der Waals surface area (Å²) in [6.45, 7) is 5.72. The van der Waals surface area contributed by atoms with Gasteiger partial charge in [0.25, 0.3) is 0 Å². The number of carbonyl (C=O) groups excluding carboxylic acids is 1. The zero-order valence-electron chi connectivity index (χ0n) is 14.0. The molecule has 0 aliphatic carbocycles. The third-order valence-corrected chi connectivity index (χ3v) is 3.60. The first-order valence-electron chi connectivity index (χ1n) is 8.26. The fourth-order valence-electron chi connectivity index (χ4n) is 2.31. The Morgan fingerprint density at radius 3 is 2.65 bits per heavy atom. The molecule has 0 bridgehead atoms. The Labute approximate surface area is 138 Å². The van der Waals surface area contributed by atoms with Gasteiger partial charge in [-0.25, -0.2) is 9.48 Å². The fraction of sp³-hybridized carbons (Fsp3) is 0.444. The molecule has 1 aromatic heterocycles. The van der Waals surface area contributed by atoms with Gasteiger partial charge in [-0.2, -0.15) is 5.10 Å². The molecule has 124 valence electrons. The smallest absolute Gasteiger partial charge is 0.314 e. The van der Waals surface area contributed by atoms with Crippen LogP contribution in [-0.2, 0) is 6.42 Å². The minimum absolute atomic E-state index is 0.0933. The van der Waals surface area contributed by atoms with Gasteiger partial charge in [-0.1, -0.05) is 32.0 Å². The maximum absolute atomic E-state index is 11.7. The van der Waals surface area contributed by atoms with E-state index in [2.05, 4.69) is 29.6 Å². The van der Waals surface area contributed by atoms with Crippen LogP contribution in [0, 0.1) is 5.92 Å². The van der Waals surface area contributed by atoms with Crippen molar-refractivity contribution in [3.05, 3.63) is 48.3 Å². The topological polar surface area (TPSA) is 59.0 Å². The van der Waals surface area contributed by atoms with E-state index in [1.165, 1.54) is 0 Å². The number of para-hydroxylation sites is 1. The van der Waals surface area contributed by atoms with E-state index >= 15 is 0 Å². The number of amides is 2. The molecule has 1 heterocycles. The molecule has 0 spiro atoms. The highest BCUT2D eigenvalue weighted by Gasteiger charge is 2.03. The molecule has 0 unspecified atom stereocenters. The van der Waals surface area contributed by atoms with Crippen molar-refractivity contribution in [1.82, 2.24) is 20.4 Å². The molecule has 0 aliphatic rings. The third kappa shape index (κ3) is 6.14. The molecule has 0 radical (unpaired) electrons. The Balaban J connectivity index is 1.67. The highest BCUT2D eigenvalue weighted by atomic mass is 16.2. The highest BCUT2D eigenvalue weighted by molar-refractivity contribution is 5.73. The molecule has 0 aliphatic heterocycles. The quantitative estimate of drug-likeness (QED) is 0.735. The van der Waals surface area contributed by atoms with Crippen LogP contribution in [0.3, 0.4) is 0 Å². The number of carbonyl (C=O) groups is 1. The summed E-state index contributed by atoms with van der Waals surface area (Å²) in [5, 5.41) is 10.1. The van der Waals surface area contributed by atoms with Gasteiger partial charge < -0.3 is 10.6 Å². The summed E-state index contributed by atoms with van der Waals surface area (Å²) in [5.41, 5.74) is 2.14. The van der Waals surface area contributed by atoms with E-state index in [9.17, 15) is 4.79 Å². The summed E-state index contributed by atoms with van der Waals surface area (Å²) < 4.78 is 1.85. The monoisotopic (exact) mass is 314 g/mol. The van der Waals surface area contributed by atoms with Crippen LogP contribution in [0.2, 0.25) is 0 Å². The van der Waals surface area contributed by atoms with Gasteiger partial charge in [0.1, 0.15) is 0 Å². The molecule has 5 heteroatoms. The lowest BCUT2D eigenvalue weighted by molar-refractivity contribution is 0.240. The van der Waals surface area contributed by atoms with E-state index in [-0.39, 0.29) is 6.03 Å². The molecule has 0 fully saturated rings. The van der Waals surface area contributed by atoms with Crippen LogP contribution in [0.5, 0.6) is 0 Å². The SMILES string of the molecule is CC(C)CCCNC(=O)NCCc1cnn(-c2ccccc2)c1. The molecule has 23 heavy (non-hydrogen) atoms. The van der Waals surface area contributed by atoms with Crippen molar-refractivity contribution < 1.29 is 4.79 Å². The fourth-order valence-corrected chi connectivity index (χ4v) is 2.31. The lowest BCUT2D eigenvalue weighted by atomic mass is 10.1. The van der Waals surface area contributed by atoms with Crippen molar-refractivity contribution in [2.24, 2.45) is 5.92 Å². The van der Waals surface area contributed by atoms with Gasteiger partial charge >= 0.3 is 6.03 Å². The summed E-state index contributed by atoms with van der Waals surface area (Å²) in [5.74, 6) is 0.681. The van der Waals surface area contributed by atoms with Gasteiger partial charge in [0.15, 0.2) is 0 Å². The molecule has 2 rings (SSSR count). The number of benzene rings is 1. The zero-order chi connectivity index (χ0) is 16.5. The van der Waals surface area contributed by atoms with E-state index in [0.29, 0.717) is 12.5 Å².